The number of benzene rings is 1. The number of hydrogen-bond donors (Lipinski definition) is 3. The zero-order valence-corrected chi connectivity index (χ0v) is 15.4. The normalized spacial score (nSPS) is 29.4. The first-order chi connectivity index (χ1) is 14.4. The van der Waals surface area contributed by atoms with Gasteiger partial charge in [0.2, 0.25) is 0 Å². The highest BCUT2D eigenvalue weighted by Gasteiger charge is 2.82. The number of aliphatic hydroxyl groups excluding tert-OH is 2. The van der Waals surface area contributed by atoms with Crippen LogP contribution in [-0.4, -0.2) is 60.4 Å². The summed E-state index contributed by atoms with van der Waals surface area (Å²) in [5.74, 6) is -3.40. The molecule has 9 nitrogen and oxygen atoms in total. The van der Waals surface area contributed by atoms with E-state index in [1.54, 1.807) is 30.3 Å². The molecule has 1 amide bonds. The number of imidazole rings is 1. The average Bonchev–Trinajstić information content (AvgIpc) is 3.02. The van der Waals surface area contributed by atoms with E-state index < -0.39 is 48.7 Å². The Bertz CT molecular complexity index is 1120. The van der Waals surface area contributed by atoms with E-state index >= 15 is 0 Å². The standard InChI is InChI=1S/C19H17F2N5O4/c20-19(21)7-18(19)11(6-27)30-17(13(18)28)26-9-24-12-14(22-8-23-15(12)26)25-16(29)10-4-2-1-3-5-10/h1-5,8-9,11,13,17,27-28H,6-7H2,(H,22,23,25,29)/t11-,13+,17-,18-/m1/s1. The zero-order chi connectivity index (χ0) is 21.1. The van der Waals surface area contributed by atoms with Crippen molar-refractivity contribution in [1.82, 2.24) is 19.5 Å². The maximum absolute atomic E-state index is 14.0. The number of amides is 1. The number of aliphatic hydroxyl groups is 2. The van der Waals surface area contributed by atoms with Crippen LogP contribution in [0, 0.1) is 5.41 Å². The lowest BCUT2D eigenvalue weighted by molar-refractivity contribution is -0.0525. The Morgan fingerprint density at radius 2 is 2.00 bits per heavy atom. The molecule has 1 saturated carbocycles. The van der Waals surface area contributed by atoms with Crippen LogP contribution in [0.15, 0.2) is 43.0 Å². The van der Waals surface area contributed by atoms with Gasteiger partial charge >= 0.3 is 0 Å². The highest BCUT2D eigenvalue weighted by atomic mass is 19.3. The van der Waals surface area contributed by atoms with Gasteiger partial charge in [-0.25, -0.2) is 23.7 Å². The van der Waals surface area contributed by atoms with Crippen molar-refractivity contribution in [2.75, 3.05) is 11.9 Å². The lowest BCUT2D eigenvalue weighted by Gasteiger charge is -2.19. The zero-order valence-electron chi connectivity index (χ0n) is 15.4. The molecule has 1 aliphatic heterocycles. The molecule has 1 aromatic carbocycles. The van der Waals surface area contributed by atoms with Gasteiger partial charge in [-0.1, -0.05) is 18.2 Å². The maximum atomic E-state index is 14.0. The summed E-state index contributed by atoms with van der Waals surface area (Å²) >= 11 is 0. The third-order valence-corrected chi connectivity index (χ3v) is 5.81. The molecule has 156 valence electrons. The molecule has 30 heavy (non-hydrogen) atoms. The maximum Gasteiger partial charge on any atom is 0.260 e. The van der Waals surface area contributed by atoms with Crippen molar-refractivity contribution in [2.24, 2.45) is 5.41 Å². The van der Waals surface area contributed by atoms with Crippen LogP contribution >= 0.6 is 0 Å². The van der Waals surface area contributed by atoms with Gasteiger partial charge in [-0.15, -0.1) is 0 Å². The van der Waals surface area contributed by atoms with Gasteiger partial charge in [0, 0.05) is 12.0 Å². The van der Waals surface area contributed by atoms with E-state index in [9.17, 15) is 23.8 Å². The second-order valence-electron chi connectivity index (χ2n) is 7.43. The molecule has 2 aromatic heterocycles. The van der Waals surface area contributed by atoms with Crippen molar-refractivity contribution in [3.8, 4) is 0 Å². The topological polar surface area (TPSA) is 122 Å². The Morgan fingerprint density at radius 3 is 2.63 bits per heavy atom. The minimum atomic E-state index is -3.13. The van der Waals surface area contributed by atoms with Gasteiger partial charge in [0.25, 0.3) is 11.8 Å². The number of nitrogens with one attached hydrogen (secondary N) is 1. The Kier molecular flexibility index (Phi) is 4.10. The molecule has 2 aliphatic rings. The number of carbonyl (C=O) groups excluding carboxylic acids is 1. The van der Waals surface area contributed by atoms with Crippen LogP contribution in [0.4, 0.5) is 14.6 Å². The molecule has 1 spiro atoms. The number of halogens is 2. The van der Waals surface area contributed by atoms with E-state index in [2.05, 4.69) is 20.3 Å². The average molecular weight is 417 g/mol. The fourth-order valence-electron chi connectivity index (χ4n) is 4.12. The van der Waals surface area contributed by atoms with Crippen LogP contribution in [-0.2, 0) is 4.74 Å². The van der Waals surface area contributed by atoms with Gasteiger partial charge in [-0.05, 0) is 12.1 Å². The van der Waals surface area contributed by atoms with E-state index in [1.807, 2.05) is 0 Å². The summed E-state index contributed by atoms with van der Waals surface area (Å²) in [6, 6.07) is 8.50. The molecule has 3 N–H and O–H groups in total. The molecule has 3 heterocycles. The lowest BCUT2D eigenvalue weighted by atomic mass is 9.94. The smallest absolute Gasteiger partial charge is 0.260 e. The quantitative estimate of drug-likeness (QED) is 0.586. The summed E-state index contributed by atoms with van der Waals surface area (Å²) in [4.78, 5) is 24.8. The van der Waals surface area contributed by atoms with Gasteiger partial charge in [0.1, 0.15) is 12.4 Å². The molecular weight excluding hydrogens is 400 g/mol. The van der Waals surface area contributed by atoms with Crippen molar-refractivity contribution >= 4 is 22.9 Å². The predicted molar refractivity (Wildman–Crippen MR) is 98.7 cm³/mol. The van der Waals surface area contributed by atoms with Crippen LogP contribution in [0.5, 0.6) is 0 Å². The number of carbonyl (C=O) groups is 1. The second-order valence-corrected chi connectivity index (χ2v) is 7.43. The number of hydrogen-bond acceptors (Lipinski definition) is 7. The molecule has 11 heteroatoms. The second kappa shape index (κ2) is 6.49. The van der Waals surface area contributed by atoms with Crippen LogP contribution < -0.4 is 5.32 Å². The fraction of sp³-hybridized carbons (Fsp3) is 0.368. The van der Waals surface area contributed by atoms with Gasteiger partial charge < -0.3 is 20.3 Å². The van der Waals surface area contributed by atoms with Crippen molar-refractivity contribution in [2.45, 2.75) is 30.8 Å². The first-order valence-corrected chi connectivity index (χ1v) is 9.25. The van der Waals surface area contributed by atoms with E-state index in [0.717, 1.165) is 0 Å². The van der Waals surface area contributed by atoms with Gasteiger partial charge in [-0.3, -0.25) is 9.36 Å². The van der Waals surface area contributed by atoms with E-state index in [4.69, 9.17) is 4.74 Å². The van der Waals surface area contributed by atoms with Gasteiger partial charge in [0.15, 0.2) is 23.2 Å². The summed E-state index contributed by atoms with van der Waals surface area (Å²) in [7, 11) is 0. The van der Waals surface area contributed by atoms with Crippen molar-refractivity contribution in [1.29, 1.82) is 0 Å². The van der Waals surface area contributed by atoms with Crippen LogP contribution in [0.3, 0.4) is 0 Å². The summed E-state index contributed by atoms with van der Waals surface area (Å²) in [6.45, 7) is -0.650. The lowest BCUT2D eigenvalue weighted by Crippen LogP contribution is -2.35. The van der Waals surface area contributed by atoms with Crippen LogP contribution in [0.25, 0.3) is 11.2 Å². The molecule has 2 fully saturated rings. The van der Waals surface area contributed by atoms with Crippen molar-refractivity contribution in [3.63, 3.8) is 0 Å². The molecular formula is C19H17F2N5O4. The number of alkyl halides is 2. The molecule has 1 saturated heterocycles. The summed E-state index contributed by atoms with van der Waals surface area (Å²) in [6.07, 6.45) is -2.10. The molecule has 5 rings (SSSR count). The summed E-state index contributed by atoms with van der Waals surface area (Å²) < 4.78 is 34.9. The highest BCUT2D eigenvalue weighted by Crippen LogP contribution is 2.70. The summed E-state index contributed by atoms with van der Waals surface area (Å²) in [5.41, 5.74) is -1.01. The van der Waals surface area contributed by atoms with Crippen LogP contribution in [0.2, 0.25) is 0 Å². The number of anilines is 1. The minimum Gasteiger partial charge on any atom is -0.394 e. The van der Waals surface area contributed by atoms with Gasteiger partial charge in [0.05, 0.1) is 24.5 Å². The number of aromatic nitrogens is 4. The largest absolute Gasteiger partial charge is 0.394 e. The van der Waals surface area contributed by atoms with Crippen molar-refractivity contribution < 1.29 is 28.5 Å². The van der Waals surface area contributed by atoms with Crippen LogP contribution in [0.1, 0.15) is 23.0 Å². The number of nitrogens with zero attached hydrogens (tertiary/aromatic N) is 4. The van der Waals surface area contributed by atoms with E-state index in [1.165, 1.54) is 17.2 Å². The van der Waals surface area contributed by atoms with Gasteiger partial charge in [-0.2, -0.15) is 0 Å². The van der Waals surface area contributed by atoms with E-state index in [0.29, 0.717) is 5.56 Å². The Labute approximate surface area is 168 Å². The van der Waals surface area contributed by atoms with Crippen molar-refractivity contribution in [3.05, 3.63) is 48.5 Å². The minimum absolute atomic E-state index is 0.130. The third kappa shape index (κ3) is 2.56. The molecule has 4 atom stereocenters. The Morgan fingerprint density at radius 1 is 1.27 bits per heavy atom. The first-order valence-electron chi connectivity index (χ1n) is 9.25. The fourth-order valence-corrected chi connectivity index (χ4v) is 4.12. The SMILES string of the molecule is O=C(Nc1ncnc2c1ncn2[C@@H]1O[C@H](CO)[C@]2(CC2(F)F)[C@H]1O)c1ccccc1. The first kappa shape index (κ1) is 19.0. The third-order valence-electron chi connectivity index (χ3n) is 5.81. The molecule has 0 unspecified atom stereocenters. The molecule has 1 aliphatic carbocycles. The van der Waals surface area contributed by atoms with E-state index in [-0.39, 0.29) is 17.0 Å². The molecule has 0 bridgehead atoms. The molecule has 3 aromatic rings. The Balaban J connectivity index is 1.48. The summed E-state index contributed by atoms with van der Waals surface area (Å²) in [5, 5.41) is 22.8. The molecule has 0 radical (unpaired) electrons. The number of fused-ring (bicyclic) bond motifs is 1. The number of rotatable bonds is 4. The predicted octanol–water partition coefficient (Wildman–Crippen LogP) is 1.35. The monoisotopic (exact) mass is 417 g/mol. The highest BCUT2D eigenvalue weighted by molar-refractivity contribution is 6.06. The Hall–Kier alpha value is -3.02. The number of ether oxygens (including phenoxy) is 1.